The summed E-state index contributed by atoms with van der Waals surface area (Å²) in [6.07, 6.45) is 0. The molecule has 0 radical (unpaired) electrons. The van der Waals surface area contributed by atoms with Crippen molar-refractivity contribution in [1.82, 2.24) is 5.32 Å². The van der Waals surface area contributed by atoms with Gasteiger partial charge in [-0.15, -0.1) is 11.8 Å². The lowest BCUT2D eigenvalue weighted by molar-refractivity contribution is -0.120. The van der Waals surface area contributed by atoms with Crippen LogP contribution in [0.2, 0.25) is 0 Å². The van der Waals surface area contributed by atoms with E-state index in [0.29, 0.717) is 0 Å². The van der Waals surface area contributed by atoms with Crippen LogP contribution >= 0.6 is 11.8 Å². The van der Waals surface area contributed by atoms with Crippen molar-refractivity contribution in [2.24, 2.45) is 0 Å². The first-order valence-corrected chi connectivity index (χ1v) is 9.34. The molecule has 2 nitrogen and oxygen atoms in total. The van der Waals surface area contributed by atoms with Gasteiger partial charge in [0.2, 0.25) is 5.91 Å². The average molecular weight is 365 g/mol. The lowest BCUT2D eigenvalue weighted by atomic mass is 9.98. The highest BCUT2D eigenvalue weighted by atomic mass is 32.2. The summed E-state index contributed by atoms with van der Waals surface area (Å²) >= 11 is 1.41. The molecule has 0 aliphatic heterocycles. The van der Waals surface area contributed by atoms with Gasteiger partial charge in [0, 0.05) is 4.90 Å². The van der Waals surface area contributed by atoms with Gasteiger partial charge in [-0.25, -0.2) is 4.39 Å². The third kappa shape index (κ3) is 4.73. The van der Waals surface area contributed by atoms with Crippen molar-refractivity contribution in [2.75, 3.05) is 0 Å². The topological polar surface area (TPSA) is 29.1 Å². The minimum atomic E-state index is -0.296. The molecule has 3 aromatic rings. The van der Waals surface area contributed by atoms with Crippen LogP contribution in [0.3, 0.4) is 0 Å². The Morgan fingerprint density at radius 3 is 1.85 bits per heavy atom. The van der Waals surface area contributed by atoms with E-state index in [1.54, 1.807) is 12.1 Å². The van der Waals surface area contributed by atoms with E-state index in [4.69, 9.17) is 0 Å². The normalized spacial score (nSPS) is 12.0. The summed E-state index contributed by atoms with van der Waals surface area (Å²) in [6, 6.07) is 25.8. The maximum atomic E-state index is 13.0. The smallest absolute Gasteiger partial charge is 0.233 e. The minimum Gasteiger partial charge on any atom is -0.344 e. The van der Waals surface area contributed by atoms with Crippen LogP contribution < -0.4 is 5.32 Å². The predicted molar refractivity (Wildman–Crippen MR) is 105 cm³/mol. The molecule has 0 fully saturated rings. The van der Waals surface area contributed by atoms with E-state index < -0.39 is 0 Å². The molecule has 0 aromatic heterocycles. The summed E-state index contributed by atoms with van der Waals surface area (Å²) in [7, 11) is 0. The Hall–Kier alpha value is -2.59. The van der Waals surface area contributed by atoms with E-state index >= 15 is 0 Å². The zero-order valence-corrected chi connectivity index (χ0v) is 15.2. The van der Waals surface area contributed by atoms with Gasteiger partial charge in [-0.3, -0.25) is 4.79 Å². The second-order valence-electron chi connectivity index (χ2n) is 5.98. The molecule has 0 spiro atoms. The highest BCUT2D eigenvalue weighted by Gasteiger charge is 2.21. The van der Waals surface area contributed by atoms with Crippen LogP contribution in [0.1, 0.15) is 24.1 Å². The van der Waals surface area contributed by atoms with Crippen LogP contribution in [0.25, 0.3) is 0 Å². The molecule has 132 valence electrons. The number of nitrogens with one attached hydrogen (secondary N) is 1. The quantitative estimate of drug-likeness (QED) is 0.608. The van der Waals surface area contributed by atoms with E-state index in [-0.39, 0.29) is 23.0 Å². The predicted octanol–water partition coefficient (Wildman–Crippen LogP) is 5.21. The maximum Gasteiger partial charge on any atom is 0.233 e. The van der Waals surface area contributed by atoms with Gasteiger partial charge in [0.25, 0.3) is 0 Å². The summed E-state index contributed by atoms with van der Waals surface area (Å²) in [6.45, 7) is 1.86. The zero-order chi connectivity index (χ0) is 18.4. The van der Waals surface area contributed by atoms with Crippen LogP contribution in [0.4, 0.5) is 4.39 Å². The first kappa shape index (κ1) is 18.2. The molecular weight excluding hydrogens is 345 g/mol. The number of amides is 1. The average Bonchev–Trinajstić information content (AvgIpc) is 2.69. The molecule has 4 heteroatoms. The summed E-state index contributed by atoms with van der Waals surface area (Å²) in [5.41, 5.74) is 2.07. The third-order valence-corrected chi connectivity index (χ3v) is 5.16. The molecule has 0 saturated carbocycles. The summed E-state index contributed by atoms with van der Waals surface area (Å²) in [4.78, 5) is 13.6. The molecule has 1 atom stereocenters. The molecule has 0 aliphatic carbocycles. The third-order valence-electron chi connectivity index (χ3n) is 4.05. The lowest BCUT2D eigenvalue weighted by Gasteiger charge is -2.22. The SMILES string of the molecule is C[C@H](Sc1ccc(F)cc1)C(=O)NC(c1ccccc1)c1ccccc1. The Morgan fingerprint density at radius 2 is 1.35 bits per heavy atom. The van der Waals surface area contributed by atoms with Gasteiger partial charge >= 0.3 is 0 Å². The van der Waals surface area contributed by atoms with Crippen molar-refractivity contribution < 1.29 is 9.18 Å². The van der Waals surface area contributed by atoms with Crippen LogP contribution in [-0.4, -0.2) is 11.2 Å². The summed E-state index contributed by atoms with van der Waals surface area (Å²) < 4.78 is 13.0. The fourth-order valence-electron chi connectivity index (χ4n) is 2.68. The van der Waals surface area contributed by atoms with Crippen molar-refractivity contribution >= 4 is 17.7 Å². The highest BCUT2D eigenvalue weighted by molar-refractivity contribution is 8.00. The molecule has 26 heavy (non-hydrogen) atoms. The number of hydrogen-bond acceptors (Lipinski definition) is 2. The largest absolute Gasteiger partial charge is 0.344 e. The van der Waals surface area contributed by atoms with E-state index in [2.05, 4.69) is 5.32 Å². The van der Waals surface area contributed by atoms with Gasteiger partial charge in [-0.1, -0.05) is 60.7 Å². The van der Waals surface area contributed by atoms with Crippen molar-refractivity contribution in [2.45, 2.75) is 23.1 Å². The first-order valence-electron chi connectivity index (χ1n) is 8.46. The molecule has 0 aliphatic rings. The monoisotopic (exact) mass is 365 g/mol. The van der Waals surface area contributed by atoms with Crippen LogP contribution in [0.15, 0.2) is 89.8 Å². The minimum absolute atomic E-state index is 0.0583. The van der Waals surface area contributed by atoms with Gasteiger partial charge in [0.1, 0.15) is 5.82 Å². The second kappa shape index (κ2) is 8.68. The molecule has 0 unspecified atom stereocenters. The van der Waals surface area contributed by atoms with Gasteiger partial charge < -0.3 is 5.32 Å². The Bertz CT molecular complexity index is 798. The Labute approximate surface area is 157 Å². The second-order valence-corrected chi connectivity index (χ2v) is 7.39. The van der Waals surface area contributed by atoms with Gasteiger partial charge in [0.15, 0.2) is 0 Å². The first-order chi connectivity index (χ1) is 12.6. The fourth-order valence-corrected chi connectivity index (χ4v) is 3.56. The van der Waals surface area contributed by atoms with E-state index in [1.807, 2.05) is 67.6 Å². The van der Waals surface area contributed by atoms with Crippen molar-refractivity contribution in [3.05, 3.63) is 102 Å². The summed E-state index contributed by atoms with van der Waals surface area (Å²) in [5.74, 6) is -0.336. The number of carbonyl (C=O) groups is 1. The molecule has 0 heterocycles. The number of rotatable bonds is 6. The molecule has 0 bridgehead atoms. The van der Waals surface area contributed by atoms with Crippen molar-refractivity contribution in [1.29, 1.82) is 0 Å². The maximum absolute atomic E-state index is 13.0. The number of benzene rings is 3. The molecule has 3 aromatic carbocycles. The van der Waals surface area contributed by atoms with E-state index in [1.165, 1.54) is 23.9 Å². The Balaban J connectivity index is 1.75. The van der Waals surface area contributed by atoms with Crippen LogP contribution in [-0.2, 0) is 4.79 Å². The standard InChI is InChI=1S/C22H20FNOS/c1-16(26-20-14-12-19(23)13-15-20)22(25)24-21(17-8-4-2-5-9-17)18-10-6-3-7-11-18/h2-16,21H,1H3,(H,24,25)/t16-/m0/s1. The molecule has 1 amide bonds. The van der Waals surface area contributed by atoms with Gasteiger partial charge in [-0.05, 0) is 42.3 Å². The molecule has 0 saturated heterocycles. The fraction of sp³-hybridized carbons (Fsp3) is 0.136. The molecular formula is C22H20FNOS. The van der Waals surface area contributed by atoms with Gasteiger partial charge in [0.05, 0.1) is 11.3 Å². The van der Waals surface area contributed by atoms with Crippen LogP contribution in [0, 0.1) is 5.82 Å². The number of halogens is 1. The van der Waals surface area contributed by atoms with Crippen molar-refractivity contribution in [3.8, 4) is 0 Å². The number of hydrogen-bond donors (Lipinski definition) is 1. The zero-order valence-electron chi connectivity index (χ0n) is 14.4. The highest BCUT2D eigenvalue weighted by Crippen LogP contribution is 2.26. The van der Waals surface area contributed by atoms with E-state index in [9.17, 15) is 9.18 Å². The van der Waals surface area contributed by atoms with Crippen molar-refractivity contribution in [3.63, 3.8) is 0 Å². The number of carbonyl (C=O) groups excluding carboxylic acids is 1. The Kier molecular flexibility index (Phi) is 6.08. The summed E-state index contributed by atoms with van der Waals surface area (Å²) in [5, 5.41) is 2.85. The Morgan fingerprint density at radius 1 is 0.846 bits per heavy atom. The number of thioether (sulfide) groups is 1. The lowest BCUT2D eigenvalue weighted by Crippen LogP contribution is -2.34. The molecule has 1 N–H and O–H groups in total. The molecule has 3 rings (SSSR count). The van der Waals surface area contributed by atoms with Crippen LogP contribution in [0.5, 0.6) is 0 Å². The van der Waals surface area contributed by atoms with Gasteiger partial charge in [-0.2, -0.15) is 0 Å². The van der Waals surface area contributed by atoms with E-state index in [0.717, 1.165) is 16.0 Å².